The Morgan fingerprint density at radius 2 is 1.93 bits per heavy atom. The van der Waals surface area contributed by atoms with Crippen LogP contribution in [-0.4, -0.2) is 24.7 Å². The number of nitriles is 1. The molecule has 4 rings (SSSR count). The highest BCUT2D eigenvalue weighted by molar-refractivity contribution is 5.86. The maximum absolute atomic E-state index is 8.98. The maximum Gasteiger partial charge on any atom is 0.0948 e. The highest BCUT2D eigenvalue weighted by Crippen LogP contribution is 2.28. The minimum Gasteiger partial charge on any atom is -0.332 e. The van der Waals surface area contributed by atoms with Gasteiger partial charge >= 0.3 is 0 Å². The molecule has 3 aromatic heterocycles. The molecule has 1 aromatic carbocycles. The van der Waals surface area contributed by atoms with Gasteiger partial charge in [0.25, 0.3) is 0 Å². The first-order valence-electron chi connectivity index (χ1n) is 9.68. The molecular weight excluding hydrogens is 360 g/mol. The van der Waals surface area contributed by atoms with E-state index >= 15 is 0 Å². The van der Waals surface area contributed by atoms with Crippen molar-refractivity contribution in [2.45, 2.75) is 32.6 Å². The van der Waals surface area contributed by atoms with Gasteiger partial charge in [0.15, 0.2) is 0 Å². The second-order valence-corrected chi connectivity index (χ2v) is 7.26. The second-order valence-electron chi connectivity index (χ2n) is 7.26. The molecule has 3 heterocycles. The topological polar surface area (TPSA) is 80.3 Å². The summed E-state index contributed by atoms with van der Waals surface area (Å²) in [5.74, 6) is 0. The van der Waals surface area contributed by atoms with Gasteiger partial charge < -0.3 is 4.57 Å². The minimum absolute atomic E-state index is 0.519. The molecule has 0 unspecified atom stereocenters. The number of rotatable bonds is 6. The average Bonchev–Trinajstić information content (AvgIpc) is 3.17. The molecule has 6 nitrogen and oxygen atoms in total. The van der Waals surface area contributed by atoms with Crippen LogP contribution in [0.2, 0.25) is 0 Å². The van der Waals surface area contributed by atoms with Gasteiger partial charge in [-0.15, -0.1) is 0 Å². The van der Waals surface area contributed by atoms with Crippen molar-refractivity contribution in [3.63, 3.8) is 0 Å². The van der Waals surface area contributed by atoms with Crippen LogP contribution >= 0.6 is 0 Å². The van der Waals surface area contributed by atoms with Crippen LogP contribution in [0.5, 0.6) is 0 Å². The predicted octanol–water partition coefficient (Wildman–Crippen LogP) is 3.98. The summed E-state index contributed by atoms with van der Waals surface area (Å²) in [7, 11) is 1.98. The number of benzene rings is 1. The first-order chi connectivity index (χ1) is 14.2. The summed E-state index contributed by atoms with van der Waals surface area (Å²) in [5.41, 5.74) is 7.66. The largest absolute Gasteiger partial charge is 0.332 e. The zero-order chi connectivity index (χ0) is 20.2. The molecule has 0 aliphatic heterocycles. The number of pyridine rings is 1. The average molecular weight is 382 g/mol. The van der Waals surface area contributed by atoms with E-state index in [2.05, 4.69) is 46.4 Å². The van der Waals surface area contributed by atoms with Crippen LogP contribution < -0.4 is 0 Å². The zero-order valence-corrected chi connectivity index (χ0v) is 16.6. The lowest BCUT2D eigenvalue weighted by molar-refractivity contribution is 0.910. The molecule has 4 aromatic rings. The highest BCUT2D eigenvalue weighted by atomic mass is 15.1. The number of hydrogen-bond acceptors (Lipinski definition) is 5. The number of imidazole rings is 1. The van der Waals surface area contributed by atoms with Crippen LogP contribution in [0.4, 0.5) is 0 Å². The lowest BCUT2D eigenvalue weighted by atomic mass is 9.95. The maximum atomic E-state index is 8.98. The Bertz CT molecular complexity index is 1190. The Morgan fingerprint density at radius 3 is 2.66 bits per heavy atom. The van der Waals surface area contributed by atoms with Crippen molar-refractivity contribution < 1.29 is 0 Å². The SMILES string of the molecule is Cc1cc2nc(-c3cncn3C)cc(CCc3ccnnc3)c2cc1CCC#N. The summed E-state index contributed by atoms with van der Waals surface area (Å²) in [6.45, 7) is 2.09. The Balaban J connectivity index is 1.81. The van der Waals surface area contributed by atoms with Crippen molar-refractivity contribution in [2.24, 2.45) is 7.05 Å². The standard InChI is InChI=1S/C23H22N6/c1-16-10-21-20(11-18(16)4-3-8-24)19(6-5-17-7-9-26-27-13-17)12-22(28-21)23-14-25-15-29(23)2/h7,9-15H,3-6H2,1-2H3. The van der Waals surface area contributed by atoms with E-state index in [-0.39, 0.29) is 0 Å². The molecule has 0 saturated carbocycles. The van der Waals surface area contributed by atoms with Crippen molar-refractivity contribution in [1.29, 1.82) is 5.26 Å². The van der Waals surface area contributed by atoms with Gasteiger partial charge in [-0.05, 0) is 72.7 Å². The second kappa shape index (κ2) is 8.19. The molecule has 144 valence electrons. The van der Waals surface area contributed by atoms with E-state index in [1.807, 2.05) is 30.1 Å². The molecule has 0 aliphatic rings. The Kier molecular flexibility index (Phi) is 5.30. The van der Waals surface area contributed by atoms with E-state index in [1.54, 1.807) is 12.5 Å². The summed E-state index contributed by atoms with van der Waals surface area (Å²) >= 11 is 0. The molecule has 0 amide bonds. The molecule has 0 N–H and O–H groups in total. The molecule has 6 heteroatoms. The first-order valence-corrected chi connectivity index (χ1v) is 9.68. The summed E-state index contributed by atoms with van der Waals surface area (Å²) in [6.07, 6.45) is 10.2. The van der Waals surface area contributed by atoms with Crippen LogP contribution in [0.3, 0.4) is 0 Å². The fourth-order valence-corrected chi connectivity index (χ4v) is 3.64. The molecule has 0 aliphatic carbocycles. The van der Waals surface area contributed by atoms with E-state index in [1.165, 1.54) is 16.7 Å². The minimum atomic E-state index is 0.519. The van der Waals surface area contributed by atoms with Crippen LogP contribution in [0.15, 0.2) is 49.2 Å². The normalized spacial score (nSPS) is 10.9. The van der Waals surface area contributed by atoms with Crippen molar-refractivity contribution in [2.75, 3.05) is 0 Å². The van der Waals surface area contributed by atoms with Gasteiger partial charge in [0.05, 0.1) is 41.7 Å². The fourth-order valence-electron chi connectivity index (χ4n) is 3.64. The Labute approximate surface area is 169 Å². The number of aryl methyl sites for hydroxylation is 5. The molecule has 0 fully saturated rings. The molecular formula is C23H22N6. The molecule has 0 saturated heterocycles. The first kappa shape index (κ1) is 18.8. The number of aromatic nitrogens is 5. The lowest BCUT2D eigenvalue weighted by Gasteiger charge is -2.13. The van der Waals surface area contributed by atoms with E-state index in [0.717, 1.165) is 47.1 Å². The molecule has 0 spiro atoms. The summed E-state index contributed by atoms with van der Waals surface area (Å²) < 4.78 is 1.98. The molecule has 0 bridgehead atoms. The van der Waals surface area contributed by atoms with Gasteiger partial charge in [-0.25, -0.2) is 9.97 Å². The van der Waals surface area contributed by atoms with Crippen LogP contribution in [0, 0.1) is 18.3 Å². The van der Waals surface area contributed by atoms with Gasteiger partial charge in [0.1, 0.15) is 0 Å². The summed E-state index contributed by atoms with van der Waals surface area (Å²) in [5, 5.41) is 18.0. The van der Waals surface area contributed by atoms with Gasteiger partial charge in [-0.3, -0.25) is 0 Å². The molecule has 0 radical (unpaired) electrons. The molecule has 29 heavy (non-hydrogen) atoms. The predicted molar refractivity (Wildman–Crippen MR) is 112 cm³/mol. The smallest absolute Gasteiger partial charge is 0.0948 e. The van der Waals surface area contributed by atoms with E-state index < -0.39 is 0 Å². The third-order valence-corrected chi connectivity index (χ3v) is 5.27. The zero-order valence-electron chi connectivity index (χ0n) is 16.6. The summed E-state index contributed by atoms with van der Waals surface area (Å²) in [6, 6.07) is 10.8. The van der Waals surface area contributed by atoms with E-state index in [4.69, 9.17) is 10.2 Å². The summed E-state index contributed by atoms with van der Waals surface area (Å²) in [4.78, 5) is 9.17. The van der Waals surface area contributed by atoms with Crippen molar-refractivity contribution in [3.8, 4) is 17.5 Å². The van der Waals surface area contributed by atoms with Crippen molar-refractivity contribution in [1.82, 2.24) is 24.7 Å². The quantitative estimate of drug-likeness (QED) is 0.504. The van der Waals surface area contributed by atoms with Crippen LogP contribution in [-0.2, 0) is 26.3 Å². The lowest BCUT2D eigenvalue weighted by Crippen LogP contribution is -2.00. The van der Waals surface area contributed by atoms with Gasteiger partial charge in [-0.1, -0.05) is 0 Å². The fraction of sp³-hybridized carbons (Fsp3) is 0.261. The van der Waals surface area contributed by atoms with Crippen LogP contribution in [0.25, 0.3) is 22.3 Å². The van der Waals surface area contributed by atoms with Crippen molar-refractivity contribution in [3.05, 3.63) is 71.4 Å². The number of nitrogens with zero attached hydrogens (tertiary/aromatic N) is 6. The monoisotopic (exact) mass is 382 g/mol. The van der Waals surface area contributed by atoms with E-state index in [9.17, 15) is 0 Å². The highest BCUT2D eigenvalue weighted by Gasteiger charge is 2.13. The number of fused-ring (bicyclic) bond motifs is 1. The Morgan fingerprint density at radius 1 is 1.03 bits per heavy atom. The Hall–Kier alpha value is -3.59. The molecule has 0 atom stereocenters. The third-order valence-electron chi connectivity index (χ3n) is 5.27. The van der Waals surface area contributed by atoms with Gasteiger partial charge in [-0.2, -0.15) is 15.5 Å². The van der Waals surface area contributed by atoms with Gasteiger partial charge in [0.2, 0.25) is 0 Å². The van der Waals surface area contributed by atoms with E-state index in [0.29, 0.717) is 6.42 Å². The van der Waals surface area contributed by atoms with Crippen LogP contribution in [0.1, 0.15) is 28.7 Å². The number of hydrogen-bond donors (Lipinski definition) is 0. The third kappa shape index (κ3) is 3.99. The van der Waals surface area contributed by atoms with Gasteiger partial charge in [0, 0.05) is 25.1 Å². The van der Waals surface area contributed by atoms with Crippen molar-refractivity contribution >= 4 is 10.9 Å².